The molecule has 0 aromatic carbocycles. The molecule has 0 radical (unpaired) electrons. The Morgan fingerprint density at radius 2 is 1.61 bits per heavy atom. The van der Waals surface area contributed by atoms with Gasteiger partial charge >= 0.3 is 17.1 Å². The molecule has 13 heteroatoms. The Labute approximate surface area is 224 Å². The molecule has 0 bridgehead atoms. The lowest BCUT2D eigenvalue weighted by atomic mass is 10.2. The number of hydrogen-bond acceptors (Lipinski definition) is 10. The van der Waals surface area contributed by atoms with Gasteiger partial charge in [-0.15, -0.1) is 0 Å². The predicted molar refractivity (Wildman–Crippen MR) is 152 cm³/mol. The molecule has 202 valence electrons. The number of hydrogen-bond donors (Lipinski definition) is 1. The minimum atomic E-state index is -2.75. The summed E-state index contributed by atoms with van der Waals surface area (Å²) in [6.45, 7) is 18.4. The fourth-order valence-corrected chi connectivity index (χ4v) is 19.1. The van der Waals surface area contributed by atoms with Gasteiger partial charge in [-0.3, -0.25) is 4.57 Å². The third-order valence-electron chi connectivity index (χ3n) is 7.49. The second-order valence-electron chi connectivity index (χ2n) is 10.9. The van der Waals surface area contributed by atoms with Crippen molar-refractivity contribution in [2.45, 2.75) is 101 Å². The summed E-state index contributed by atoms with van der Waals surface area (Å²) in [5.41, 5.74) is 8.40. The molecule has 2 aliphatic rings. The maximum absolute atomic E-state index is 7.36. The predicted octanol–water partition coefficient (Wildman–Crippen LogP) is 5.64. The molecule has 4 rings (SSSR count). The van der Waals surface area contributed by atoms with E-state index in [1.54, 1.807) is 27.9 Å². The molecule has 9 nitrogen and oxygen atoms in total. The van der Waals surface area contributed by atoms with Crippen LogP contribution in [0.15, 0.2) is 12.7 Å². The summed E-state index contributed by atoms with van der Waals surface area (Å²) in [4.78, 5) is 13.1. The van der Waals surface area contributed by atoms with E-state index < -0.39 is 17.1 Å². The van der Waals surface area contributed by atoms with Crippen LogP contribution in [0.1, 0.15) is 61.6 Å². The van der Waals surface area contributed by atoms with E-state index in [-0.39, 0.29) is 45.9 Å². The molecule has 0 saturated carbocycles. The van der Waals surface area contributed by atoms with E-state index in [1.807, 2.05) is 4.57 Å². The van der Waals surface area contributed by atoms with Crippen LogP contribution in [0, 0.1) is 0 Å². The number of anilines is 1. The highest BCUT2D eigenvalue weighted by Gasteiger charge is 2.62. The molecule has 0 amide bonds. The van der Waals surface area contributed by atoms with Crippen molar-refractivity contribution >= 4 is 55.7 Å². The molecule has 2 saturated heterocycles. The molecule has 2 N–H and O–H groups in total. The molecular formula is C23H41N5O4S2Si2. The summed E-state index contributed by atoms with van der Waals surface area (Å²) < 4.78 is 30.4. The van der Waals surface area contributed by atoms with E-state index in [0.717, 1.165) is 0 Å². The van der Waals surface area contributed by atoms with Gasteiger partial charge in [-0.25, -0.2) is 15.0 Å². The zero-order chi connectivity index (χ0) is 26.4. The highest BCUT2D eigenvalue weighted by molar-refractivity contribution is 8.76. The van der Waals surface area contributed by atoms with Crippen LogP contribution in [0.5, 0.6) is 0 Å². The summed E-state index contributed by atoms with van der Waals surface area (Å²) in [5.74, 6) is 0.362. The van der Waals surface area contributed by atoms with Gasteiger partial charge in [0, 0.05) is 0 Å². The molecule has 0 aliphatic carbocycles. The maximum Gasteiger partial charge on any atom is 0.335 e. The van der Waals surface area contributed by atoms with Crippen LogP contribution < -0.4 is 5.73 Å². The van der Waals surface area contributed by atoms with Gasteiger partial charge in [0.15, 0.2) is 17.7 Å². The Kier molecular flexibility index (Phi) is 8.52. The van der Waals surface area contributed by atoms with Crippen LogP contribution in [-0.2, 0) is 17.7 Å². The number of nitrogen functional groups attached to an aromatic ring is 1. The average molecular weight is 572 g/mol. The molecule has 0 unspecified atom stereocenters. The minimum absolute atomic E-state index is 0.0116. The lowest BCUT2D eigenvalue weighted by Gasteiger charge is -2.51. The largest absolute Gasteiger partial charge is 0.414 e. The number of nitrogens with two attached hydrogens (primary N) is 1. The van der Waals surface area contributed by atoms with Gasteiger partial charge in [-0.1, -0.05) is 77.0 Å². The SMILES string of the molecule is CSS[C@H]1[C@@H]2O[Si](C(C)C)(C(C)C)O[Si](C(C)C)(C(C)C)OC[C@H]2O[C@H]1n1cnc2c(N)ncnc21. The van der Waals surface area contributed by atoms with Crippen molar-refractivity contribution in [2.24, 2.45) is 0 Å². The standard InChI is InChI=1S/C23H41N5O4S2Si2/c1-13(2)35(14(3)4)29-10-17-19(31-36(32-35,15(5)6)16(7)8)20(34-33-9)23(30-17)28-12-27-18-21(24)25-11-26-22(18)28/h11-17,19-20,23H,10H2,1-9H3,(H2,24,25,26)/t17-,19-,20+,23-/m1/s1. The first-order chi connectivity index (χ1) is 17.0. The highest BCUT2D eigenvalue weighted by atomic mass is 33.1. The van der Waals surface area contributed by atoms with E-state index in [0.29, 0.717) is 23.6 Å². The Hall–Kier alpha value is -0.676. The van der Waals surface area contributed by atoms with Gasteiger partial charge < -0.3 is 23.4 Å². The van der Waals surface area contributed by atoms with Crippen LogP contribution in [0.25, 0.3) is 11.2 Å². The van der Waals surface area contributed by atoms with E-state index in [9.17, 15) is 0 Å². The molecule has 36 heavy (non-hydrogen) atoms. The zero-order valence-corrected chi connectivity index (χ0v) is 26.4. The lowest BCUT2D eigenvalue weighted by Crippen LogP contribution is -2.65. The van der Waals surface area contributed by atoms with Gasteiger partial charge in [0.2, 0.25) is 0 Å². The number of fused-ring (bicyclic) bond motifs is 2. The first-order valence-electron chi connectivity index (χ1n) is 12.8. The third-order valence-corrected chi connectivity index (χ3v) is 19.9. The maximum atomic E-state index is 7.36. The van der Waals surface area contributed by atoms with Crippen LogP contribution in [0.4, 0.5) is 5.82 Å². The third kappa shape index (κ3) is 4.67. The Morgan fingerprint density at radius 3 is 2.19 bits per heavy atom. The summed E-state index contributed by atoms with van der Waals surface area (Å²) in [6, 6.07) is 0. The molecule has 2 aromatic heterocycles. The monoisotopic (exact) mass is 571 g/mol. The molecule has 0 spiro atoms. The fourth-order valence-electron chi connectivity index (χ4n) is 5.62. The Morgan fingerprint density at radius 1 is 0.972 bits per heavy atom. The quantitative estimate of drug-likeness (QED) is 0.331. The molecule has 2 fully saturated rings. The minimum Gasteiger partial charge on any atom is -0.414 e. The number of aromatic nitrogens is 4. The Balaban J connectivity index is 1.82. The number of rotatable bonds is 7. The van der Waals surface area contributed by atoms with E-state index in [2.05, 4.69) is 76.6 Å². The fraction of sp³-hybridized carbons (Fsp3) is 0.783. The second kappa shape index (κ2) is 10.8. The van der Waals surface area contributed by atoms with Crippen molar-refractivity contribution in [1.29, 1.82) is 0 Å². The van der Waals surface area contributed by atoms with Gasteiger partial charge in [-0.2, -0.15) is 0 Å². The van der Waals surface area contributed by atoms with Gasteiger partial charge in [0.1, 0.15) is 17.9 Å². The van der Waals surface area contributed by atoms with Gasteiger partial charge in [0.05, 0.1) is 24.3 Å². The van der Waals surface area contributed by atoms with E-state index in [1.165, 1.54) is 6.33 Å². The first kappa shape index (κ1) is 28.3. The average Bonchev–Trinajstić information content (AvgIpc) is 3.36. The summed E-state index contributed by atoms with van der Waals surface area (Å²) in [7, 11) is -1.91. The second-order valence-corrected chi connectivity index (χ2v) is 22.4. The van der Waals surface area contributed by atoms with E-state index >= 15 is 0 Å². The summed E-state index contributed by atoms with van der Waals surface area (Å²) >= 11 is 0. The van der Waals surface area contributed by atoms with Gasteiger partial charge in [0.25, 0.3) is 0 Å². The lowest BCUT2D eigenvalue weighted by molar-refractivity contribution is -0.0544. The van der Waals surface area contributed by atoms with Crippen molar-refractivity contribution in [3.8, 4) is 0 Å². The van der Waals surface area contributed by atoms with Crippen LogP contribution >= 0.6 is 21.6 Å². The van der Waals surface area contributed by atoms with Crippen molar-refractivity contribution in [3.63, 3.8) is 0 Å². The van der Waals surface area contributed by atoms with Crippen LogP contribution in [0.3, 0.4) is 0 Å². The van der Waals surface area contributed by atoms with E-state index in [4.69, 9.17) is 23.4 Å². The summed E-state index contributed by atoms with van der Waals surface area (Å²) in [6.07, 6.45) is 4.56. The van der Waals surface area contributed by atoms with Crippen molar-refractivity contribution < 1.29 is 17.7 Å². The Bertz CT molecular complexity index is 1040. The number of imidazole rings is 1. The summed E-state index contributed by atoms with van der Waals surface area (Å²) in [5, 5.41) is -0.0116. The molecular weight excluding hydrogens is 531 g/mol. The zero-order valence-electron chi connectivity index (χ0n) is 22.8. The first-order valence-corrected chi connectivity index (χ1v) is 19.3. The molecule has 2 aliphatic heterocycles. The molecule has 2 aromatic rings. The topological polar surface area (TPSA) is 107 Å². The molecule has 4 heterocycles. The molecule has 4 atom stereocenters. The normalized spacial score (nSPS) is 28.2. The van der Waals surface area contributed by atoms with Gasteiger partial charge in [-0.05, 0) is 28.4 Å². The smallest absolute Gasteiger partial charge is 0.335 e. The van der Waals surface area contributed by atoms with Crippen molar-refractivity contribution in [3.05, 3.63) is 12.7 Å². The van der Waals surface area contributed by atoms with Crippen molar-refractivity contribution in [1.82, 2.24) is 19.5 Å². The van der Waals surface area contributed by atoms with Crippen LogP contribution in [-0.4, -0.2) is 67.0 Å². The number of nitrogens with zero attached hydrogens (tertiary/aromatic N) is 4. The van der Waals surface area contributed by atoms with Crippen LogP contribution in [0.2, 0.25) is 22.2 Å². The number of ether oxygens (including phenoxy) is 1. The van der Waals surface area contributed by atoms with Crippen molar-refractivity contribution in [2.75, 3.05) is 18.6 Å². The highest BCUT2D eigenvalue weighted by Crippen LogP contribution is 2.51.